The van der Waals surface area contributed by atoms with Crippen LogP contribution in [0.5, 0.6) is 0 Å². The van der Waals surface area contributed by atoms with Gasteiger partial charge in [0.1, 0.15) is 0 Å². The molecule has 0 aliphatic rings. The molecule has 0 saturated carbocycles. The van der Waals surface area contributed by atoms with Gasteiger partial charge in [0.15, 0.2) is 0 Å². The summed E-state index contributed by atoms with van der Waals surface area (Å²) in [6, 6.07) is 0. The summed E-state index contributed by atoms with van der Waals surface area (Å²) >= 11 is 5.33. The van der Waals surface area contributed by atoms with Crippen LogP contribution in [0.25, 0.3) is 0 Å². The Labute approximate surface area is 69.1 Å². The van der Waals surface area contributed by atoms with Crippen LogP contribution in [0.15, 0.2) is 0 Å². The van der Waals surface area contributed by atoms with Crippen LogP contribution < -0.4 is 0 Å². The minimum atomic E-state index is -1.96. The Bertz CT molecular complexity index is 175. The summed E-state index contributed by atoms with van der Waals surface area (Å²) in [4.78, 5) is 19.1. The highest BCUT2D eigenvalue weighted by Gasteiger charge is 2.40. The van der Waals surface area contributed by atoms with Crippen molar-refractivity contribution in [3.05, 3.63) is 0 Å². The fourth-order valence-electron chi connectivity index (χ4n) is 0.354. The van der Waals surface area contributed by atoms with E-state index in [1.54, 1.807) is 6.92 Å². The highest BCUT2D eigenvalue weighted by molar-refractivity contribution is 6.44. The van der Waals surface area contributed by atoms with E-state index >= 15 is 0 Å². The molecule has 0 heterocycles. The average Bonchev–Trinajstić information content (AvgIpc) is 1.88. The molecule has 0 fully saturated rings. The molecule has 1 unspecified atom stereocenters. The number of carbonyl (C=O) groups is 2. The zero-order valence-electron chi connectivity index (χ0n) is 6.26. The van der Waals surface area contributed by atoms with Gasteiger partial charge in [0.05, 0.1) is 6.61 Å². The fraction of sp³-hybridized carbons (Fsp3) is 0.667. The van der Waals surface area contributed by atoms with Gasteiger partial charge in [-0.3, -0.25) is 0 Å². The molecule has 0 aliphatic heterocycles. The Morgan fingerprint density at radius 1 is 1.64 bits per heavy atom. The quantitative estimate of drug-likeness (QED) is 0.393. The smallest absolute Gasteiger partial charge is 0.338 e. The highest BCUT2D eigenvalue weighted by Crippen LogP contribution is 2.16. The van der Waals surface area contributed by atoms with E-state index in [0.717, 1.165) is 6.92 Å². The molecule has 4 nitrogen and oxygen atoms in total. The minimum Gasteiger partial charge on any atom is -0.480 e. The molecule has 1 N–H and O–H groups in total. The summed E-state index contributed by atoms with van der Waals surface area (Å²) in [6.07, 6.45) is 0. The van der Waals surface area contributed by atoms with Gasteiger partial charge in [0, 0.05) is 0 Å². The van der Waals surface area contributed by atoms with Gasteiger partial charge in [-0.25, -0.2) is 9.59 Å². The Balaban J connectivity index is 4.30. The SMILES string of the molecule is CCOC(=O)C(C)(Cl)C(=O)O. The van der Waals surface area contributed by atoms with Crippen molar-refractivity contribution in [3.63, 3.8) is 0 Å². The van der Waals surface area contributed by atoms with E-state index < -0.39 is 16.8 Å². The third kappa shape index (κ3) is 2.38. The number of esters is 1. The predicted molar refractivity (Wildman–Crippen MR) is 38.5 cm³/mol. The van der Waals surface area contributed by atoms with Crippen molar-refractivity contribution in [2.75, 3.05) is 6.61 Å². The lowest BCUT2D eigenvalue weighted by molar-refractivity contribution is -0.155. The van der Waals surface area contributed by atoms with Crippen LogP contribution in [0, 0.1) is 0 Å². The van der Waals surface area contributed by atoms with Crippen molar-refractivity contribution < 1.29 is 19.4 Å². The van der Waals surface area contributed by atoms with Crippen LogP contribution in [0.1, 0.15) is 13.8 Å². The van der Waals surface area contributed by atoms with Crippen molar-refractivity contribution >= 4 is 23.5 Å². The van der Waals surface area contributed by atoms with E-state index in [-0.39, 0.29) is 6.61 Å². The van der Waals surface area contributed by atoms with E-state index in [4.69, 9.17) is 16.7 Å². The summed E-state index contributed by atoms with van der Waals surface area (Å²) in [5.74, 6) is -2.34. The van der Waals surface area contributed by atoms with Gasteiger partial charge in [0.2, 0.25) is 4.87 Å². The first kappa shape index (κ1) is 10.2. The lowest BCUT2D eigenvalue weighted by atomic mass is 10.2. The third-order valence-corrected chi connectivity index (χ3v) is 1.38. The number of carboxylic acids is 1. The molecule has 1 atom stereocenters. The molecule has 11 heavy (non-hydrogen) atoms. The third-order valence-electron chi connectivity index (χ3n) is 1.06. The lowest BCUT2D eigenvalue weighted by Crippen LogP contribution is -2.39. The molecule has 5 heteroatoms. The molecule has 0 spiro atoms. The molecule has 0 aromatic rings. The molecule has 0 aromatic heterocycles. The standard InChI is InChI=1S/C6H9ClO4/c1-3-11-5(10)6(2,7)4(8)9/h3H2,1-2H3,(H,8,9). The van der Waals surface area contributed by atoms with Gasteiger partial charge in [-0.05, 0) is 13.8 Å². The Hall–Kier alpha value is -0.770. The number of hydrogen-bond donors (Lipinski definition) is 1. The summed E-state index contributed by atoms with van der Waals surface area (Å²) in [7, 11) is 0. The van der Waals surface area contributed by atoms with Gasteiger partial charge in [0.25, 0.3) is 0 Å². The summed E-state index contributed by atoms with van der Waals surface area (Å²) < 4.78 is 4.42. The predicted octanol–water partition coefficient (Wildman–Crippen LogP) is 0.632. The topological polar surface area (TPSA) is 63.6 Å². The summed E-state index contributed by atoms with van der Waals surface area (Å²) in [5.41, 5.74) is 0. The first-order chi connectivity index (χ1) is 4.92. The second-order valence-electron chi connectivity index (χ2n) is 2.03. The highest BCUT2D eigenvalue weighted by atomic mass is 35.5. The van der Waals surface area contributed by atoms with E-state index in [9.17, 15) is 9.59 Å². The molecule has 0 rings (SSSR count). The zero-order valence-corrected chi connectivity index (χ0v) is 7.01. The number of ether oxygens (including phenoxy) is 1. The Morgan fingerprint density at radius 3 is 2.36 bits per heavy atom. The number of rotatable bonds is 3. The minimum absolute atomic E-state index is 0.119. The first-order valence-electron chi connectivity index (χ1n) is 3.02. The van der Waals surface area contributed by atoms with E-state index in [2.05, 4.69) is 4.74 Å². The van der Waals surface area contributed by atoms with Gasteiger partial charge in [-0.1, -0.05) is 11.6 Å². The second kappa shape index (κ2) is 3.57. The monoisotopic (exact) mass is 180 g/mol. The number of halogens is 1. The Morgan fingerprint density at radius 2 is 2.09 bits per heavy atom. The number of carboxylic acid groups (broad SMARTS) is 1. The zero-order chi connectivity index (χ0) is 9.07. The van der Waals surface area contributed by atoms with Crippen LogP contribution in [0.3, 0.4) is 0 Å². The molecular formula is C6H9ClO4. The maximum absolute atomic E-state index is 10.8. The van der Waals surface area contributed by atoms with Crippen molar-refractivity contribution in [2.45, 2.75) is 18.7 Å². The fourth-order valence-corrected chi connectivity index (χ4v) is 0.408. The van der Waals surface area contributed by atoms with Crippen LogP contribution >= 0.6 is 11.6 Å². The number of aliphatic carboxylic acids is 1. The lowest BCUT2D eigenvalue weighted by Gasteiger charge is -2.13. The molecule has 0 radical (unpaired) electrons. The van der Waals surface area contributed by atoms with Crippen LogP contribution in [0.2, 0.25) is 0 Å². The van der Waals surface area contributed by atoms with E-state index in [1.807, 2.05) is 0 Å². The van der Waals surface area contributed by atoms with E-state index in [0.29, 0.717) is 0 Å². The Kier molecular flexibility index (Phi) is 3.32. The van der Waals surface area contributed by atoms with Crippen molar-refractivity contribution in [3.8, 4) is 0 Å². The molecule has 64 valence electrons. The van der Waals surface area contributed by atoms with E-state index in [1.165, 1.54) is 0 Å². The summed E-state index contributed by atoms with van der Waals surface area (Å²) in [6.45, 7) is 2.77. The maximum atomic E-state index is 10.8. The number of hydrogen-bond acceptors (Lipinski definition) is 3. The average molecular weight is 181 g/mol. The van der Waals surface area contributed by atoms with Gasteiger partial charge < -0.3 is 9.84 Å². The molecule has 0 saturated heterocycles. The number of alkyl halides is 1. The van der Waals surface area contributed by atoms with Crippen LogP contribution in [-0.2, 0) is 14.3 Å². The first-order valence-corrected chi connectivity index (χ1v) is 3.40. The number of carbonyl (C=O) groups excluding carboxylic acids is 1. The summed E-state index contributed by atoms with van der Waals surface area (Å²) in [5, 5.41) is 8.41. The molecule has 0 aliphatic carbocycles. The molecule has 0 amide bonds. The van der Waals surface area contributed by atoms with Crippen molar-refractivity contribution in [1.29, 1.82) is 0 Å². The van der Waals surface area contributed by atoms with Crippen molar-refractivity contribution in [1.82, 2.24) is 0 Å². The molecular weight excluding hydrogens is 172 g/mol. The normalized spacial score (nSPS) is 15.2. The van der Waals surface area contributed by atoms with Crippen LogP contribution in [-0.4, -0.2) is 28.5 Å². The largest absolute Gasteiger partial charge is 0.480 e. The molecule has 0 bridgehead atoms. The van der Waals surface area contributed by atoms with Gasteiger partial charge in [-0.15, -0.1) is 0 Å². The van der Waals surface area contributed by atoms with Gasteiger partial charge >= 0.3 is 11.9 Å². The van der Waals surface area contributed by atoms with Gasteiger partial charge in [-0.2, -0.15) is 0 Å². The maximum Gasteiger partial charge on any atom is 0.338 e. The second-order valence-corrected chi connectivity index (χ2v) is 2.78. The molecule has 0 aromatic carbocycles. The van der Waals surface area contributed by atoms with Crippen molar-refractivity contribution in [2.24, 2.45) is 0 Å². The van der Waals surface area contributed by atoms with Crippen LogP contribution in [0.4, 0.5) is 0 Å².